The van der Waals surface area contributed by atoms with Gasteiger partial charge in [-0.3, -0.25) is 9.36 Å². The van der Waals surface area contributed by atoms with Crippen molar-refractivity contribution in [2.45, 2.75) is 12.1 Å². The van der Waals surface area contributed by atoms with E-state index in [0.717, 1.165) is 16.4 Å². The number of hydrogen-bond acceptors (Lipinski definition) is 4. The lowest BCUT2D eigenvalue weighted by Gasteiger charge is -2.08. The molecule has 3 rings (SSSR count). The molecule has 0 fully saturated rings. The van der Waals surface area contributed by atoms with Crippen molar-refractivity contribution >= 4 is 23.5 Å². The van der Waals surface area contributed by atoms with Gasteiger partial charge in [0.1, 0.15) is 5.82 Å². The number of rotatable bonds is 4. The maximum Gasteiger partial charge on any atom is 0.256 e. The van der Waals surface area contributed by atoms with Crippen LogP contribution in [-0.2, 0) is 0 Å². The van der Waals surface area contributed by atoms with Crippen molar-refractivity contribution in [2.75, 3.05) is 11.6 Å². The van der Waals surface area contributed by atoms with Crippen molar-refractivity contribution in [1.82, 2.24) is 14.5 Å². The Hall–Kier alpha value is -2.60. The molecule has 2 aromatic heterocycles. The molecule has 1 amide bonds. The standard InChI is InChI=1S/C17H16N4OS/c1-12-7-8-18-15(11-12)20-16(22)13-3-5-14(6-4-13)21-10-9-19-17(21)23-2/h3-11H,1-2H3,(H,18,20,22). The van der Waals surface area contributed by atoms with Gasteiger partial charge >= 0.3 is 0 Å². The third-order valence-corrected chi connectivity index (χ3v) is 4.02. The number of aryl methyl sites for hydroxylation is 1. The van der Waals surface area contributed by atoms with Gasteiger partial charge in [-0.1, -0.05) is 11.8 Å². The molecule has 23 heavy (non-hydrogen) atoms. The zero-order chi connectivity index (χ0) is 16.2. The Labute approximate surface area is 138 Å². The summed E-state index contributed by atoms with van der Waals surface area (Å²) in [6, 6.07) is 11.1. The minimum atomic E-state index is -0.176. The molecular weight excluding hydrogens is 308 g/mol. The molecule has 3 aromatic rings. The molecule has 116 valence electrons. The Morgan fingerprint density at radius 3 is 2.61 bits per heavy atom. The van der Waals surface area contributed by atoms with Crippen LogP contribution in [0.5, 0.6) is 0 Å². The van der Waals surface area contributed by atoms with E-state index < -0.39 is 0 Å². The Morgan fingerprint density at radius 2 is 1.91 bits per heavy atom. The van der Waals surface area contributed by atoms with E-state index in [1.54, 1.807) is 36.3 Å². The lowest BCUT2D eigenvalue weighted by molar-refractivity contribution is 0.102. The molecule has 0 bridgehead atoms. The first-order chi connectivity index (χ1) is 11.2. The summed E-state index contributed by atoms with van der Waals surface area (Å²) in [6.45, 7) is 1.96. The number of carbonyl (C=O) groups is 1. The summed E-state index contributed by atoms with van der Waals surface area (Å²) in [6.07, 6.45) is 7.32. The van der Waals surface area contributed by atoms with Crippen molar-refractivity contribution < 1.29 is 4.79 Å². The quantitative estimate of drug-likeness (QED) is 0.746. The highest BCUT2D eigenvalue weighted by Crippen LogP contribution is 2.18. The number of aromatic nitrogens is 3. The van der Waals surface area contributed by atoms with Crippen LogP contribution >= 0.6 is 11.8 Å². The Bertz CT molecular complexity index is 827. The fourth-order valence-corrected chi connectivity index (χ4v) is 2.73. The van der Waals surface area contributed by atoms with Gasteiger partial charge in [-0.15, -0.1) is 0 Å². The zero-order valence-corrected chi connectivity index (χ0v) is 13.7. The molecule has 6 heteroatoms. The maximum absolute atomic E-state index is 12.3. The van der Waals surface area contributed by atoms with Crippen LogP contribution in [0.3, 0.4) is 0 Å². The largest absolute Gasteiger partial charge is 0.307 e. The van der Waals surface area contributed by atoms with Gasteiger partial charge in [0.25, 0.3) is 5.91 Å². The lowest BCUT2D eigenvalue weighted by Crippen LogP contribution is -2.13. The number of nitrogens with zero attached hydrogens (tertiary/aromatic N) is 3. The fourth-order valence-electron chi connectivity index (χ4n) is 2.20. The first kappa shape index (κ1) is 15.3. The van der Waals surface area contributed by atoms with E-state index in [1.165, 1.54) is 0 Å². The van der Waals surface area contributed by atoms with Gasteiger partial charge in [0, 0.05) is 29.8 Å². The molecule has 5 nitrogen and oxygen atoms in total. The molecule has 0 saturated carbocycles. The van der Waals surface area contributed by atoms with E-state index in [0.29, 0.717) is 11.4 Å². The number of anilines is 1. The van der Waals surface area contributed by atoms with Gasteiger partial charge in [0.05, 0.1) is 0 Å². The van der Waals surface area contributed by atoms with Crippen molar-refractivity contribution in [3.05, 3.63) is 66.1 Å². The molecular formula is C17H16N4OS. The van der Waals surface area contributed by atoms with Crippen LogP contribution in [-0.4, -0.2) is 26.7 Å². The number of hydrogen-bond donors (Lipinski definition) is 1. The minimum Gasteiger partial charge on any atom is -0.307 e. The molecule has 0 aliphatic rings. The average molecular weight is 324 g/mol. The lowest BCUT2D eigenvalue weighted by atomic mass is 10.2. The van der Waals surface area contributed by atoms with Crippen LogP contribution < -0.4 is 5.32 Å². The molecule has 0 spiro atoms. The van der Waals surface area contributed by atoms with Crippen molar-refractivity contribution in [3.63, 3.8) is 0 Å². The predicted molar refractivity (Wildman–Crippen MR) is 92.3 cm³/mol. The SMILES string of the molecule is CSc1nccn1-c1ccc(C(=O)Nc2cc(C)ccn2)cc1. The Balaban J connectivity index is 1.78. The molecule has 0 radical (unpaired) electrons. The molecule has 0 atom stereocenters. The Morgan fingerprint density at radius 1 is 1.13 bits per heavy atom. The van der Waals surface area contributed by atoms with Crippen LogP contribution in [0.2, 0.25) is 0 Å². The third kappa shape index (κ3) is 3.43. The third-order valence-electron chi connectivity index (χ3n) is 3.35. The van der Waals surface area contributed by atoms with E-state index in [-0.39, 0.29) is 5.91 Å². The number of amides is 1. The van der Waals surface area contributed by atoms with Gasteiger partial charge in [0.2, 0.25) is 0 Å². The van der Waals surface area contributed by atoms with Crippen LogP contribution in [0.1, 0.15) is 15.9 Å². The van der Waals surface area contributed by atoms with E-state index in [2.05, 4.69) is 15.3 Å². The molecule has 1 aromatic carbocycles. The van der Waals surface area contributed by atoms with Gasteiger partial charge in [-0.25, -0.2) is 9.97 Å². The number of thioether (sulfide) groups is 1. The van der Waals surface area contributed by atoms with E-state index in [9.17, 15) is 4.79 Å². The van der Waals surface area contributed by atoms with Crippen molar-refractivity contribution in [3.8, 4) is 5.69 Å². The zero-order valence-electron chi connectivity index (χ0n) is 12.9. The molecule has 0 aliphatic carbocycles. The number of nitrogens with one attached hydrogen (secondary N) is 1. The number of carbonyl (C=O) groups excluding carboxylic acids is 1. The van der Waals surface area contributed by atoms with Gasteiger partial charge in [-0.2, -0.15) is 0 Å². The van der Waals surface area contributed by atoms with Gasteiger partial charge in [0.15, 0.2) is 5.16 Å². The second kappa shape index (κ2) is 6.66. The summed E-state index contributed by atoms with van der Waals surface area (Å²) in [5, 5.41) is 3.71. The van der Waals surface area contributed by atoms with Crippen LogP contribution in [0.4, 0.5) is 5.82 Å². The van der Waals surface area contributed by atoms with Crippen LogP contribution in [0.25, 0.3) is 5.69 Å². The topological polar surface area (TPSA) is 59.8 Å². The van der Waals surface area contributed by atoms with E-state index in [1.807, 2.05) is 48.2 Å². The van der Waals surface area contributed by atoms with Crippen LogP contribution in [0.15, 0.2) is 60.1 Å². The molecule has 2 heterocycles. The fraction of sp³-hybridized carbons (Fsp3) is 0.118. The summed E-state index contributed by atoms with van der Waals surface area (Å²) >= 11 is 1.57. The smallest absolute Gasteiger partial charge is 0.256 e. The van der Waals surface area contributed by atoms with Crippen molar-refractivity contribution in [1.29, 1.82) is 0 Å². The molecule has 0 aliphatic heterocycles. The Kier molecular flexibility index (Phi) is 4.43. The molecule has 1 N–H and O–H groups in total. The number of benzene rings is 1. The summed E-state index contributed by atoms with van der Waals surface area (Å²) < 4.78 is 1.98. The van der Waals surface area contributed by atoms with Crippen LogP contribution in [0, 0.1) is 6.92 Å². The normalized spacial score (nSPS) is 10.5. The number of imidazole rings is 1. The monoisotopic (exact) mass is 324 g/mol. The highest BCUT2D eigenvalue weighted by Gasteiger charge is 2.08. The van der Waals surface area contributed by atoms with Gasteiger partial charge < -0.3 is 5.32 Å². The highest BCUT2D eigenvalue weighted by atomic mass is 32.2. The van der Waals surface area contributed by atoms with Crippen molar-refractivity contribution in [2.24, 2.45) is 0 Å². The molecule has 0 unspecified atom stereocenters. The number of pyridine rings is 1. The first-order valence-corrected chi connectivity index (χ1v) is 8.31. The summed E-state index contributed by atoms with van der Waals surface area (Å²) in [7, 11) is 0. The first-order valence-electron chi connectivity index (χ1n) is 7.09. The maximum atomic E-state index is 12.3. The second-order valence-corrected chi connectivity index (χ2v) is 5.78. The van der Waals surface area contributed by atoms with E-state index in [4.69, 9.17) is 0 Å². The summed E-state index contributed by atoms with van der Waals surface area (Å²) in [4.78, 5) is 20.7. The van der Waals surface area contributed by atoms with Gasteiger partial charge in [-0.05, 0) is 55.1 Å². The molecule has 0 saturated heterocycles. The predicted octanol–water partition coefficient (Wildman–Crippen LogP) is 3.55. The second-order valence-electron chi connectivity index (χ2n) is 5.00. The van der Waals surface area contributed by atoms with E-state index >= 15 is 0 Å². The summed E-state index contributed by atoms with van der Waals surface area (Å²) in [5.41, 5.74) is 2.61. The summed E-state index contributed by atoms with van der Waals surface area (Å²) in [5.74, 6) is 0.378. The highest BCUT2D eigenvalue weighted by molar-refractivity contribution is 7.98. The average Bonchev–Trinajstić information content (AvgIpc) is 3.03. The minimum absolute atomic E-state index is 0.176.